The molecule has 0 saturated carbocycles. The van der Waals surface area contributed by atoms with Crippen molar-refractivity contribution in [3.63, 3.8) is 0 Å². The number of hydrogen-bond donors (Lipinski definition) is 2. The van der Waals surface area contributed by atoms with E-state index >= 15 is 0 Å². The molecule has 0 bridgehead atoms. The second kappa shape index (κ2) is 2.83. The summed E-state index contributed by atoms with van der Waals surface area (Å²) in [6.07, 6.45) is 0. The molecule has 0 radical (unpaired) electrons. The molecule has 14 heavy (non-hydrogen) atoms. The van der Waals surface area contributed by atoms with Crippen LogP contribution in [0.25, 0.3) is 0 Å². The van der Waals surface area contributed by atoms with Crippen LogP contribution in [-0.4, -0.2) is 4.55 Å². The van der Waals surface area contributed by atoms with Crippen molar-refractivity contribution in [2.24, 2.45) is 0 Å². The minimum Gasteiger partial charge on any atom is -0.154 e. The van der Waals surface area contributed by atoms with E-state index < -0.39 is 10.6 Å². The molecule has 5 heteroatoms. The van der Waals surface area contributed by atoms with E-state index in [-0.39, 0.29) is 0 Å². The Kier molecular flexibility index (Phi) is 1.87. The van der Waals surface area contributed by atoms with E-state index in [0.29, 0.717) is 17.1 Å². The van der Waals surface area contributed by atoms with Gasteiger partial charge in [-0.25, -0.2) is 0 Å². The average molecular weight is 211 g/mol. The van der Waals surface area contributed by atoms with Gasteiger partial charge in [0.25, 0.3) is 0 Å². The van der Waals surface area contributed by atoms with E-state index in [0.717, 1.165) is 0 Å². The number of anilines is 2. The van der Waals surface area contributed by atoms with Gasteiger partial charge in [0.15, 0.2) is 0 Å². The lowest BCUT2D eigenvalue weighted by atomic mass is 10.2. The van der Waals surface area contributed by atoms with Gasteiger partial charge in [0, 0.05) is 0 Å². The lowest BCUT2D eigenvalue weighted by Gasteiger charge is -2.12. The van der Waals surface area contributed by atoms with Crippen molar-refractivity contribution in [1.29, 1.82) is 0 Å². The molecule has 2 N–H and O–H groups in total. The summed E-state index contributed by atoms with van der Waals surface area (Å²) in [4.78, 5) is 0. The van der Waals surface area contributed by atoms with Crippen molar-refractivity contribution in [2.75, 3.05) is 9.03 Å². The molecule has 0 aromatic heterocycles. The molecular formula is C9H11N2O2S+. The number of fused-ring (bicyclic) bond motifs is 1. The summed E-state index contributed by atoms with van der Waals surface area (Å²) in [6.45, 7) is 5.37. The Morgan fingerprint density at radius 1 is 1.57 bits per heavy atom. The topological polar surface area (TPSA) is 52.6 Å². The number of benzene rings is 1. The van der Waals surface area contributed by atoms with Crippen LogP contribution in [0, 0.1) is 0 Å². The Morgan fingerprint density at radius 2 is 2.21 bits per heavy atom. The molecule has 1 aromatic rings. The van der Waals surface area contributed by atoms with E-state index in [9.17, 15) is 8.76 Å². The predicted octanol–water partition coefficient (Wildman–Crippen LogP) is 2.25. The zero-order valence-corrected chi connectivity index (χ0v) is 8.54. The molecule has 1 aliphatic rings. The zero-order chi connectivity index (χ0) is 10.3. The summed E-state index contributed by atoms with van der Waals surface area (Å²) in [5.41, 5.74) is 1.88. The summed E-state index contributed by atoms with van der Waals surface area (Å²) in [5, 5.41) is 0. The fourth-order valence-electron chi connectivity index (χ4n) is 1.48. The van der Waals surface area contributed by atoms with Crippen LogP contribution in [0.3, 0.4) is 0 Å². The van der Waals surface area contributed by atoms with Crippen LogP contribution in [0.1, 0.15) is 6.92 Å². The lowest BCUT2D eigenvalue weighted by molar-refractivity contribution is 0.503. The van der Waals surface area contributed by atoms with Crippen molar-refractivity contribution in [2.45, 2.75) is 6.92 Å². The first-order chi connectivity index (χ1) is 6.52. The fourth-order valence-corrected chi connectivity index (χ4v) is 2.87. The van der Waals surface area contributed by atoms with Crippen molar-refractivity contribution in [3.8, 4) is 0 Å². The largest absolute Gasteiger partial charge is 0.425 e. The summed E-state index contributed by atoms with van der Waals surface area (Å²) in [7, 11) is -3.21. The van der Waals surface area contributed by atoms with Gasteiger partial charge in [-0.3, -0.25) is 0 Å². The Hall–Kier alpha value is -1.33. The highest BCUT2D eigenvalue weighted by molar-refractivity contribution is 8.00. The standard InChI is InChI=1S/C9H10N2O2S/c1-7(2)11-9-6-4-3-5-8(9)10-14(11,12)13/h3-6H,1H2,2H3,(H-,10,12,13)/p+1. The van der Waals surface area contributed by atoms with Gasteiger partial charge in [0.2, 0.25) is 0 Å². The first-order valence-corrected chi connectivity index (χ1v) is 5.59. The second-order valence-corrected chi connectivity index (χ2v) is 4.71. The van der Waals surface area contributed by atoms with Crippen LogP contribution in [0.4, 0.5) is 11.4 Å². The molecule has 0 saturated heterocycles. The Morgan fingerprint density at radius 3 is 2.86 bits per heavy atom. The van der Waals surface area contributed by atoms with E-state index in [1.54, 1.807) is 19.1 Å². The number of nitrogens with zero attached hydrogens (tertiary/aromatic N) is 1. The molecule has 4 nitrogen and oxygen atoms in total. The van der Waals surface area contributed by atoms with Crippen LogP contribution in [0.2, 0.25) is 0 Å². The summed E-state index contributed by atoms with van der Waals surface area (Å²) >= 11 is 0. The predicted molar refractivity (Wildman–Crippen MR) is 58.0 cm³/mol. The Balaban J connectivity index is 2.59. The zero-order valence-electron chi connectivity index (χ0n) is 7.73. The highest BCUT2D eigenvalue weighted by Gasteiger charge is 2.45. The van der Waals surface area contributed by atoms with Crippen LogP contribution in [0.15, 0.2) is 36.5 Å². The Bertz CT molecular complexity index is 444. The molecule has 0 aliphatic carbocycles. The molecular weight excluding hydrogens is 200 g/mol. The summed E-state index contributed by atoms with van der Waals surface area (Å²) < 4.78 is 25.2. The molecule has 0 amide bonds. The third kappa shape index (κ3) is 1.21. The quantitative estimate of drug-likeness (QED) is 0.700. The maximum absolute atomic E-state index is 11.7. The number of hydrogen-bond acceptors (Lipinski definition) is 1. The maximum atomic E-state index is 11.7. The van der Waals surface area contributed by atoms with Crippen LogP contribution < -0.4 is 9.03 Å². The van der Waals surface area contributed by atoms with Crippen molar-refractivity contribution < 1.29 is 8.76 Å². The molecule has 1 unspecified atom stereocenters. The fraction of sp³-hybridized carbons (Fsp3) is 0.111. The van der Waals surface area contributed by atoms with Crippen LogP contribution in [-0.2, 0) is 14.8 Å². The van der Waals surface area contributed by atoms with E-state index in [1.165, 1.54) is 4.31 Å². The molecule has 2 rings (SSSR count). The summed E-state index contributed by atoms with van der Waals surface area (Å²) in [6, 6.07) is 7.16. The van der Waals surface area contributed by atoms with Crippen molar-refractivity contribution in [1.82, 2.24) is 0 Å². The summed E-state index contributed by atoms with van der Waals surface area (Å²) in [5.74, 6) is 0. The molecule has 0 fully saturated rings. The van der Waals surface area contributed by atoms with Gasteiger partial charge < -0.3 is 0 Å². The van der Waals surface area contributed by atoms with Gasteiger partial charge in [-0.2, -0.15) is 4.72 Å². The lowest BCUT2D eigenvalue weighted by Crippen LogP contribution is -2.33. The minimum atomic E-state index is -3.21. The third-order valence-corrected chi connectivity index (χ3v) is 3.45. The average Bonchev–Trinajstić information content (AvgIpc) is 2.33. The van der Waals surface area contributed by atoms with Crippen LogP contribution >= 0.6 is 0 Å². The number of para-hydroxylation sites is 2. The maximum Gasteiger partial charge on any atom is 0.425 e. The molecule has 1 atom stereocenters. The van der Waals surface area contributed by atoms with Crippen molar-refractivity contribution >= 4 is 22.0 Å². The Labute approximate surface area is 83.8 Å². The molecule has 1 heterocycles. The van der Waals surface area contributed by atoms with Gasteiger partial charge in [-0.1, -0.05) is 18.7 Å². The monoisotopic (exact) mass is 211 g/mol. The van der Waals surface area contributed by atoms with Gasteiger partial charge in [0.05, 0.1) is 5.70 Å². The molecule has 1 aliphatic heterocycles. The molecule has 0 spiro atoms. The first kappa shape index (κ1) is 9.23. The van der Waals surface area contributed by atoms with E-state index in [1.807, 2.05) is 12.1 Å². The van der Waals surface area contributed by atoms with Gasteiger partial charge in [0.1, 0.15) is 11.4 Å². The molecule has 74 valence electrons. The SMILES string of the molecule is C=C(C)N1c2ccccc2N[S+]1(=O)O. The number of rotatable bonds is 1. The normalized spacial score (nSPS) is 24.3. The van der Waals surface area contributed by atoms with E-state index in [4.69, 9.17) is 0 Å². The van der Waals surface area contributed by atoms with Crippen molar-refractivity contribution in [3.05, 3.63) is 36.5 Å². The van der Waals surface area contributed by atoms with E-state index in [2.05, 4.69) is 11.3 Å². The van der Waals surface area contributed by atoms with Gasteiger partial charge in [-0.15, -0.1) is 8.86 Å². The van der Waals surface area contributed by atoms with Gasteiger partial charge >= 0.3 is 10.6 Å². The molecule has 1 aromatic carbocycles. The van der Waals surface area contributed by atoms with Crippen LogP contribution in [0.5, 0.6) is 0 Å². The second-order valence-electron chi connectivity index (χ2n) is 3.15. The smallest absolute Gasteiger partial charge is 0.154 e. The third-order valence-electron chi connectivity index (χ3n) is 1.96. The minimum absolute atomic E-state index is 0.537. The number of allylic oxidation sites excluding steroid dienone is 1. The highest BCUT2D eigenvalue weighted by Crippen LogP contribution is 2.39. The number of nitrogens with one attached hydrogen (secondary N) is 1. The highest BCUT2D eigenvalue weighted by atomic mass is 32.3. The first-order valence-electron chi connectivity index (χ1n) is 4.11. The van der Waals surface area contributed by atoms with Gasteiger partial charge in [-0.05, 0) is 23.3 Å².